The van der Waals surface area contributed by atoms with Gasteiger partial charge in [0.15, 0.2) is 0 Å². The van der Waals surface area contributed by atoms with E-state index >= 15 is 0 Å². The van der Waals surface area contributed by atoms with Crippen molar-refractivity contribution in [2.45, 2.75) is 26.3 Å². The van der Waals surface area contributed by atoms with Crippen molar-refractivity contribution in [2.75, 3.05) is 7.11 Å². The Labute approximate surface area is 87.1 Å². The van der Waals surface area contributed by atoms with Gasteiger partial charge in [-0.05, 0) is 20.8 Å². The molecule has 1 aromatic heterocycles. The van der Waals surface area contributed by atoms with Crippen LogP contribution in [0, 0.1) is 6.92 Å². The lowest BCUT2D eigenvalue weighted by atomic mass is 10.0. The van der Waals surface area contributed by atoms with Crippen LogP contribution in [0.15, 0.2) is 0 Å². The van der Waals surface area contributed by atoms with Crippen molar-refractivity contribution < 1.29 is 9.53 Å². The lowest BCUT2D eigenvalue weighted by molar-refractivity contribution is 0.0600. The van der Waals surface area contributed by atoms with Crippen molar-refractivity contribution in [3.63, 3.8) is 0 Å². The van der Waals surface area contributed by atoms with E-state index in [9.17, 15) is 4.79 Å². The first-order valence-electron chi connectivity index (χ1n) is 4.21. The van der Waals surface area contributed by atoms with Crippen molar-refractivity contribution in [3.05, 3.63) is 15.6 Å². The predicted molar refractivity (Wildman–Crippen MR) is 55.4 cm³/mol. The average molecular weight is 214 g/mol. The van der Waals surface area contributed by atoms with Crippen molar-refractivity contribution >= 4 is 17.3 Å². The third kappa shape index (κ3) is 2.10. The van der Waals surface area contributed by atoms with Crippen LogP contribution in [0.1, 0.15) is 34.2 Å². The van der Waals surface area contributed by atoms with E-state index < -0.39 is 11.5 Å². The van der Waals surface area contributed by atoms with Crippen molar-refractivity contribution in [1.29, 1.82) is 0 Å². The molecular formula is C9H14N2O2S. The summed E-state index contributed by atoms with van der Waals surface area (Å²) in [6.45, 7) is 5.61. The highest BCUT2D eigenvalue weighted by Crippen LogP contribution is 2.27. The third-order valence-corrected chi connectivity index (χ3v) is 3.22. The van der Waals surface area contributed by atoms with Gasteiger partial charge in [-0.2, -0.15) is 0 Å². The van der Waals surface area contributed by atoms with Crippen LogP contribution >= 0.6 is 11.3 Å². The fraction of sp³-hybridized carbons (Fsp3) is 0.556. The number of ether oxygens (including phenoxy) is 1. The molecule has 0 atom stereocenters. The minimum atomic E-state index is -0.464. The smallest absolute Gasteiger partial charge is 0.367 e. The van der Waals surface area contributed by atoms with Crippen LogP contribution in [0.25, 0.3) is 0 Å². The number of aromatic nitrogens is 1. The maximum atomic E-state index is 11.2. The highest BCUT2D eigenvalue weighted by Gasteiger charge is 2.23. The topological polar surface area (TPSA) is 65.2 Å². The van der Waals surface area contributed by atoms with Crippen LogP contribution in [-0.2, 0) is 10.3 Å². The molecule has 78 valence electrons. The Bertz CT molecular complexity index is 352. The first-order valence-corrected chi connectivity index (χ1v) is 5.03. The van der Waals surface area contributed by atoms with E-state index in [1.807, 2.05) is 20.8 Å². The van der Waals surface area contributed by atoms with E-state index in [0.29, 0.717) is 5.01 Å². The van der Waals surface area contributed by atoms with E-state index in [1.165, 1.54) is 18.4 Å². The molecule has 14 heavy (non-hydrogen) atoms. The summed E-state index contributed by atoms with van der Waals surface area (Å²) in [4.78, 5) is 16.2. The highest BCUT2D eigenvalue weighted by molar-refractivity contribution is 7.13. The fourth-order valence-corrected chi connectivity index (χ4v) is 2.17. The standard InChI is InChI=1S/C9H14N2O2S/c1-5-6(9(2,3)10)14-7(11-5)8(12)13-4/h10H2,1-4H3. The third-order valence-electron chi connectivity index (χ3n) is 1.74. The van der Waals surface area contributed by atoms with Gasteiger partial charge in [0.25, 0.3) is 0 Å². The number of nitrogens with two attached hydrogens (primary N) is 1. The molecule has 2 N–H and O–H groups in total. The second-order valence-corrected chi connectivity index (χ2v) is 4.65. The van der Waals surface area contributed by atoms with Crippen LogP contribution in [0.5, 0.6) is 0 Å². The number of carbonyl (C=O) groups excluding carboxylic acids is 1. The number of carbonyl (C=O) groups is 1. The first-order chi connectivity index (χ1) is 6.36. The largest absolute Gasteiger partial charge is 0.464 e. The minimum absolute atomic E-state index is 0.360. The lowest BCUT2D eigenvalue weighted by Gasteiger charge is -2.16. The molecule has 0 aliphatic heterocycles. The number of nitrogens with zero attached hydrogens (tertiary/aromatic N) is 1. The summed E-state index contributed by atoms with van der Waals surface area (Å²) in [7, 11) is 1.34. The highest BCUT2D eigenvalue weighted by atomic mass is 32.1. The number of methoxy groups -OCH3 is 1. The average Bonchev–Trinajstić information content (AvgIpc) is 2.45. The molecule has 0 bridgehead atoms. The first kappa shape index (κ1) is 11.1. The summed E-state index contributed by atoms with van der Waals surface area (Å²) in [6, 6.07) is 0. The Kier molecular flexibility index (Phi) is 2.92. The lowest BCUT2D eigenvalue weighted by Crippen LogP contribution is -2.28. The minimum Gasteiger partial charge on any atom is -0.464 e. The van der Waals surface area contributed by atoms with Gasteiger partial charge in [0.1, 0.15) is 0 Å². The normalized spacial score (nSPS) is 11.5. The Balaban J connectivity index is 3.12. The summed E-state index contributed by atoms with van der Waals surface area (Å²) < 4.78 is 4.59. The van der Waals surface area contributed by atoms with Crippen molar-refractivity contribution in [3.8, 4) is 0 Å². The van der Waals surface area contributed by atoms with Crippen LogP contribution in [0.4, 0.5) is 0 Å². The van der Waals surface area contributed by atoms with Gasteiger partial charge < -0.3 is 10.5 Å². The Hall–Kier alpha value is -0.940. The fourth-order valence-electron chi connectivity index (χ4n) is 1.17. The van der Waals surface area contributed by atoms with Crippen LogP contribution in [0.2, 0.25) is 0 Å². The SMILES string of the molecule is COC(=O)c1nc(C)c(C(C)(C)N)s1. The molecule has 0 radical (unpaired) electrons. The Morgan fingerprint density at radius 3 is 2.50 bits per heavy atom. The molecule has 1 heterocycles. The zero-order valence-corrected chi connectivity index (χ0v) is 9.57. The monoisotopic (exact) mass is 214 g/mol. The zero-order chi connectivity index (χ0) is 10.9. The molecule has 0 aromatic carbocycles. The van der Waals surface area contributed by atoms with E-state index in [1.54, 1.807) is 0 Å². The van der Waals surface area contributed by atoms with Crippen molar-refractivity contribution in [1.82, 2.24) is 4.98 Å². The second-order valence-electron chi connectivity index (χ2n) is 3.65. The molecule has 0 aliphatic rings. The molecule has 0 aliphatic carbocycles. The molecule has 0 unspecified atom stereocenters. The van der Waals surface area contributed by atoms with E-state index in [4.69, 9.17) is 5.73 Å². The number of aryl methyl sites for hydroxylation is 1. The summed E-state index contributed by atoms with van der Waals surface area (Å²) in [6.07, 6.45) is 0. The molecular weight excluding hydrogens is 200 g/mol. The summed E-state index contributed by atoms with van der Waals surface area (Å²) >= 11 is 1.29. The number of esters is 1. The Morgan fingerprint density at radius 1 is 1.57 bits per heavy atom. The van der Waals surface area contributed by atoms with Gasteiger partial charge in [-0.1, -0.05) is 0 Å². The number of thiazole rings is 1. The van der Waals surface area contributed by atoms with Crippen molar-refractivity contribution in [2.24, 2.45) is 5.73 Å². The van der Waals surface area contributed by atoms with E-state index in [0.717, 1.165) is 10.6 Å². The van der Waals surface area contributed by atoms with Gasteiger partial charge in [-0.15, -0.1) is 11.3 Å². The molecule has 0 saturated carbocycles. The zero-order valence-electron chi connectivity index (χ0n) is 8.75. The molecule has 0 saturated heterocycles. The second kappa shape index (κ2) is 3.67. The quantitative estimate of drug-likeness (QED) is 0.756. The summed E-state index contributed by atoms with van der Waals surface area (Å²) in [5.74, 6) is -0.409. The molecule has 0 amide bonds. The summed E-state index contributed by atoms with van der Waals surface area (Å²) in [5.41, 5.74) is 6.26. The molecule has 1 aromatic rings. The molecule has 4 nitrogen and oxygen atoms in total. The van der Waals surface area contributed by atoms with E-state index in [-0.39, 0.29) is 0 Å². The maximum absolute atomic E-state index is 11.2. The Morgan fingerprint density at radius 2 is 2.14 bits per heavy atom. The van der Waals surface area contributed by atoms with Gasteiger partial charge in [-0.25, -0.2) is 9.78 Å². The number of hydrogen-bond donors (Lipinski definition) is 1. The van der Waals surface area contributed by atoms with Gasteiger partial charge in [0.2, 0.25) is 5.01 Å². The summed E-state index contributed by atoms with van der Waals surface area (Å²) in [5, 5.41) is 0.360. The molecule has 5 heteroatoms. The van der Waals surface area contributed by atoms with Crippen LogP contribution in [-0.4, -0.2) is 18.1 Å². The molecule has 1 rings (SSSR count). The van der Waals surface area contributed by atoms with Gasteiger partial charge >= 0.3 is 5.97 Å². The maximum Gasteiger partial charge on any atom is 0.367 e. The molecule has 0 spiro atoms. The van der Waals surface area contributed by atoms with Gasteiger partial charge in [0.05, 0.1) is 12.8 Å². The number of rotatable bonds is 2. The van der Waals surface area contributed by atoms with Gasteiger partial charge in [-0.3, -0.25) is 0 Å². The van der Waals surface area contributed by atoms with Crippen LogP contribution < -0.4 is 5.73 Å². The van der Waals surface area contributed by atoms with E-state index in [2.05, 4.69) is 9.72 Å². The predicted octanol–water partition coefficient (Wildman–Crippen LogP) is 1.43. The molecule has 0 fully saturated rings. The van der Waals surface area contributed by atoms with Gasteiger partial charge in [0, 0.05) is 10.4 Å². The number of hydrogen-bond acceptors (Lipinski definition) is 5. The van der Waals surface area contributed by atoms with Crippen LogP contribution in [0.3, 0.4) is 0 Å².